The summed E-state index contributed by atoms with van der Waals surface area (Å²) in [7, 11) is 0. The Bertz CT molecular complexity index is 1180. The second kappa shape index (κ2) is 7.45. The Morgan fingerprint density at radius 1 is 0.833 bits per heavy atom. The predicted molar refractivity (Wildman–Crippen MR) is 121 cm³/mol. The molecule has 0 aliphatic carbocycles. The number of ether oxygens (including phenoxy) is 1. The van der Waals surface area contributed by atoms with Crippen LogP contribution in [0.4, 0.5) is 0 Å². The molecule has 2 N–H and O–H groups in total. The molecule has 154 valence electrons. The van der Waals surface area contributed by atoms with Gasteiger partial charge in [-0.3, -0.25) is 0 Å². The number of aromatic nitrogens is 1. The number of benzene rings is 3. The second-order valence-corrected chi connectivity index (χ2v) is 8.67. The average Bonchev–Trinajstić information content (AvgIpc) is 2.94. The van der Waals surface area contributed by atoms with Crippen LogP contribution < -0.4 is 4.74 Å². The van der Waals surface area contributed by atoms with Gasteiger partial charge in [-0.05, 0) is 99.0 Å². The molecule has 0 saturated carbocycles. The fourth-order valence-corrected chi connectivity index (χ4v) is 3.87. The Labute approximate surface area is 177 Å². The van der Waals surface area contributed by atoms with Crippen LogP contribution in [0.1, 0.15) is 31.9 Å². The summed E-state index contributed by atoms with van der Waals surface area (Å²) < 4.78 is 8.20. The summed E-state index contributed by atoms with van der Waals surface area (Å²) >= 11 is 0. The number of phenolic OH excluding ortho intramolecular Hbond substituents is 2. The number of aryl methyl sites for hydroxylation is 1. The molecule has 4 nitrogen and oxygen atoms in total. The topological polar surface area (TPSA) is 54.6 Å². The summed E-state index contributed by atoms with van der Waals surface area (Å²) in [5.74, 6) is 1.35. The lowest BCUT2D eigenvalue weighted by Crippen LogP contribution is -2.22. The van der Waals surface area contributed by atoms with E-state index in [1.165, 1.54) is 0 Å². The van der Waals surface area contributed by atoms with E-state index in [1.807, 2.05) is 57.2 Å². The first kappa shape index (κ1) is 19.9. The van der Waals surface area contributed by atoms with E-state index in [-0.39, 0.29) is 17.1 Å². The van der Waals surface area contributed by atoms with E-state index in [9.17, 15) is 10.2 Å². The van der Waals surface area contributed by atoms with Crippen molar-refractivity contribution in [3.05, 3.63) is 77.9 Å². The van der Waals surface area contributed by atoms with Gasteiger partial charge in [0.15, 0.2) is 0 Å². The molecule has 0 amide bonds. The van der Waals surface area contributed by atoms with Crippen LogP contribution in [-0.2, 0) is 6.54 Å². The smallest absolute Gasteiger partial charge is 0.120 e. The fraction of sp³-hybridized carbons (Fsp3) is 0.231. The van der Waals surface area contributed by atoms with Gasteiger partial charge in [-0.1, -0.05) is 12.1 Å². The van der Waals surface area contributed by atoms with Crippen molar-refractivity contribution in [3.8, 4) is 28.5 Å². The molecule has 0 fully saturated rings. The van der Waals surface area contributed by atoms with Gasteiger partial charge in [-0.25, -0.2) is 0 Å². The minimum atomic E-state index is -0.233. The van der Waals surface area contributed by atoms with Crippen molar-refractivity contribution in [3.63, 3.8) is 0 Å². The number of rotatable bonds is 4. The van der Waals surface area contributed by atoms with Crippen LogP contribution in [0.2, 0.25) is 0 Å². The Hall–Kier alpha value is -3.40. The van der Waals surface area contributed by atoms with E-state index in [0.29, 0.717) is 6.54 Å². The Morgan fingerprint density at radius 2 is 1.47 bits per heavy atom. The molecule has 0 aliphatic heterocycles. The molecule has 4 heteroatoms. The quantitative estimate of drug-likeness (QED) is 0.425. The lowest BCUT2D eigenvalue weighted by Gasteiger charge is -2.21. The first-order chi connectivity index (χ1) is 14.2. The molecule has 0 spiro atoms. The van der Waals surface area contributed by atoms with Crippen LogP contribution in [0.25, 0.3) is 22.2 Å². The highest BCUT2D eigenvalue weighted by Gasteiger charge is 2.17. The number of hydrogen-bond acceptors (Lipinski definition) is 3. The number of nitrogens with zero attached hydrogens (tertiary/aromatic N) is 1. The minimum absolute atomic E-state index is 0.233. The van der Waals surface area contributed by atoms with E-state index in [2.05, 4.69) is 23.6 Å². The third-order valence-corrected chi connectivity index (χ3v) is 5.13. The lowest BCUT2D eigenvalue weighted by molar-refractivity contribution is 0.131. The maximum Gasteiger partial charge on any atom is 0.120 e. The second-order valence-electron chi connectivity index (χ2n) is 8.67. The Morgan fingerprint density at radius 3 is 2.10 bits per heavy atom. The van der Waals surface area contributed by atoms with Crippen LogP contribution in [0, 0.1) is 6.92 Å². The van der Waals surface area contributed by atoms with Gasteiger partial charge >= 0.3 is 0 Å². The molecule has 1 aromatic heterocycles. The van der Waals surface area contributed by atoms with Crippen molar-refractivity contribution in [2.24, 2.45) is 0 Å². The normalized spacial score (nSPS) is 11.7. The van der Waals surface area contributed by atoms with Crippen molar-refractivity contribution >= 4 is 10.9 Å². The van der Waals surface area contributed by atoms with Crippen molar-refractivity contribution in [1.29, 1.82) is 0 Å². The van der Waals surface area contributed by atoms with Crippen molar-refractivity contribution in [2.45, 2.75) is 39.8 Å². The minimum Gasteiger partial charge on any atom is -0.508 e. The summed E-state index contributed by atoms with van der Waals surface area (Å²) in [6.45, 7) is 8.86. The summed E-state index contributed by atoms with van der Waals surface area (Å²) in [5.41, 5.74) is 5.17. The van der Waals surface area contributed by atoms with E-state index in [0.717, 1.165) is 39.0 Å². The van der Waals surface area contributed by atoms with Crippen LogP contribution >= 0.6 is 0 Å². The molecule has 1 heterocycles. The lowest BCUT2D eigenvalue weighted by atomic mass is 10.1. The van der Waals surface area contributed by atoms with Crippen LogP contribution in [0.5, 0.6) is 17.2 Å². The van der Waals surface area contributed by atoms with Crippen molar-refractivity contribution < 1.29 is 14.9 Å². The molecule has 0 radical (unpaired) electrons. The predicted octanol–water partition coefficient (Wildman–Crippen LogP) is 6.25. The number of aromatic hydroxyl groups is 2. The molecule has 0 bridgehead atoms. The van der Waals surface area contributed by atoms with Gasteiger partial charge in [0, 0.05) is 17.4 Å². The number of hydrogen-bond donors (Lipinski definition) is 2. The third kappa shape index (κ3) is 3.99. The van der Waals surface area contributed by atoms with Crippen molar-refractivity contribution in [1.82, 2.24) is 4.57 Å². The number of phenols is 2. The Kier molecular flexibility index (Phi) is 4.94. The highest BCUT2D eigenvalue weighted by atomic mass is 16.5. The fourth-order valence-electron chi connectivity index (χ4n) is 3.87. The van der Waals surface area contributed by atoms with E-state index in [4.69, 9.17) is 4.74 Å². The van der Waals surface area contributed by atoms with E-state index >= 15 is 0 Å². The summed E-state index contributed by atoms with van der Waals surface area (Å²) in [4.78, 5) is 0. The molecular formula is C26H27NO3. The monoisotopic (exact) mass is 401 g/mol. The van der Waals surface area contributed by atoms with Gasteiger partial charge in [0.25, 0.3) is 0 Å². The third-order valence-electron chi connectivity index (χ3n) is 5.13. The molecule has 4 aromatic rings. The highest BCUT2D eigenvalue weighted by molar-refractivity contribution is 5.92. The van der Waals surface area contributed by atoms with Gasteiger partial charge in [0.05, 0.1) is 5.69 Å². The first-order valence-corrected chi connectivity index (χ1v) is 10.1. The summed E-state index contributed by atoms with van der Waals surface area (Å²) in [5, 5.41) is 20.7. The maximum atomic E-state index is 10.0. The van der Waals surface area contributed by atoms with Crippen LogP contribution in [0.15, 0.2) is 66.7 Å². The standard InChI is InChI=1S/C26H27NO3/c1-17-23-15-21(29)11-14-24(23)27(25(17)19-7-9-20(28)10-8-19)16-18-5-12-22(13-6-18)30-26(2,3)4/h5-15,28-29H,16H2,1-4H3. The van der Waals surface area contributed by atoms with Gasteiger partial charge in [0.1, 0.15) is 22.8 Å². The molecule has 0 atom stereocenters. The zero-order valence-corrected chi connectivity index (χ0v) is 17.8. The van der Waals surface area contributed by atoms with Crippen LogP contribution in [-0.4, -0.2) is 20.4 Å². The summed E-state index contributed by atoms with van der Waals surface area (Å²) in [6, 6.07) is 20.9. The SMILES string of the molecule is Cc1c(-c2ccc(O)cc2)n(Cc2ccc(OC(C)(C)C)cc2)c2ccc(O)cc12. The molecule has 0 aliphatic rings. The zero-order chi connectivity index (χ0) is 21.5. The molecule has 0 saturated heterocycles. The van der Waals surface area contributed by atoms with Gasteiger partial charge < -0.3 is 19.5 Å². The van der Waals surface area contributed by atoms with E-state index < -0.39 is 0 Å². The average molecular weight is 402 g/mol. The highest BCUT2D eigenvalue weighted by Crippen LogP contribution is 2.36. The molecule has 30 heavy (non-hydrogen) atoms. The van der Waals surface area contributed by atoms with Gasteiger partial charge in [-0.2, -0.15) is 0 Å². The molecule has 4 rings (SSSR count). The van der Waals surface area contributed by atoms with Gasteiger partial charge in [-0.15, -0.1) is 0 Å². The number of fused-ring (bicyclic) bond motifs is 1. The zero-order valence-electron chi connectivity index (χ0n) is 17.8. The van der Waals surface area contributed by atoms with Crippen molar-refractivity contribution in [2.75, 3.05) is 0 Å². The van der Waals surface area contributed by atoms with Gasteiger partial charge in [0.2, 0.25) is 0 Å². The first-order valence-electron chi connectivity index (χ1n) is 10.1. The summed E-state index contributed by atoms with van der Waals surface area (Å²) in [6.07, 6.45) is 0. The molecule has 0 unspecified atom stereocenters. The van der Waals surface area contributed by atoms with Crippen LogP contribution in [0.3, 0.4) is 0 Å². The molecular weight excluding hydrogens is 374 g/mol. The molecule has 3 aromatic carbocycles. The Balaban J connectivity index is 1.79. The maximum absolute atomic E-state index is 10.0. The largest absolute Gasteiger partial charge is 0.508 e. The van der Waals surface area contributed by atoms with E-state index in [1.54, 1.807) is 18.2 Å².